The van der Waals surface area contributed by atoms with Crippen LogP contribution in [0.5, 0.6) is 0 Å². The van der Waals surface area contributed by atoms with Gasteiger partial charge in [-0.3, -0.25) is 0 Å². The zero-order chi connectivity index (χ0) is 63.4. The van der Waals surface area contributed by atoms with Gasteiger partial charge in [0.1, 0.15) is 0 Å². The van der Waals surface area contributed by atoms with Crippen molar-refractivity contribution in [2.75, 3.05) is 0 Å². The maximum Gasteiger partial charge on any atom is 0.213 e. The first-order chi connectivity index (χ1) is 47.6. The van der Waals surface area contributed by atoms with Crippen LogP contribution in [0.25, 0.3) is 190 Å². The molecule has 0 saturated heterocycles. The summed E-state index contributed by atoms with van der Waals surface area (Å²) in [5, 5.41) is 9.25. The van der Waals surface area contributed by atoms with Gasteiger partial charge in [-0.15, -0.1) is 22.7 Å². The molecule has 19 rings (SSSR count). The van der Waals surface area contributed by atoms with Gasteiger partial charge in [0.05, 0.1) is 40.0 Å². The molecule has 5 heterocycles. The molecular formula is C88H52N6S2. The Kier molecular flexibility index (Phi) is 12.9. The average molecular weight is 1260 g/mol. The van der Waals surface area contributed by atoms with E-state index in [2.05, 4.69) is 264 Å². The lowest BCUT2D eigenvalue weighted by Gasteiger charge is -2.25. The highest BCUT2D eigenvalue weighted by atomic mass is 32.1. The van der Waals surface area contributed by atoms with Gasteiger partial charge in [0, 0.05) is 84.1 Å². The van der Waals surface area contributed by atoms with Gasteiger partial charge in [0.25, 0.3) is 0 Å². The van der Waals surface area contributed by atoms with E-state index in [0.29, 0.717) is 28.7 Å². The van der Waals surface area contributed by atoms with E-state index < -0.39 is 0 Å². The van der Waals surface area contributed by atoms with E-state index in [4.69, 9.17) is 19.8 Å². The highest BCUT2D eigenvalue weighted by Gasteiger charge is 2.32. The second-order valence-corrected chi connectivity index (χ2v) is 26.5. The lowest BCUT2D eigenvalue weighted by atomic mass is 9.93. The molecule has 0 aliphatic heterocycles. The van der Waals surface area contributed by atoms with E-state index >= 15 is 0 Å². The summed E-state index contributed by atoms with van der Waals surface area (Å²) in [5.74, 6) is 1.51. The van der Waals surface area contributed by atoms with Crippen LogP contribution in [0.1, 0.15) is 0 Å². The van der Waals surface area contributed by atoms with Crippen molar-refractivity contribution in [2.24, 2.45) is 0 Å². The van der Waals surface area contributed by atoms with Gasteiger partial charge in [0.2, 0.25) is 5.69 Å². The van der Waals surface area contributed by atoms with Crippen LogP contribution in [-0.4, -0.2) is 24.1 Å². The Hall–Kier alpha value is -12.4. The molecule has 0 fully saturated rings. The van der Waals surface area contributed by atoms with Crippen LogP contribution in [0.4, 0.5) is 5.69 Å². The molecule has 0 aliphatic carbocycles. The summed E-state index contributed by atoms with van der Waals surface area (Å²) in [4.78, 5) is 21.0. The van der Waals surface area contributed by atoms with Gasteiger partial charge in [-0.1, -0.05) is 249 Å². The smallest absolute Gasteiger partial charge is 0.213 e. The van der Waals surface area contributed by atoms with Crippen LogP contribution in [0.3, 0.4) is 0 Å². The van der Waals surface area contributed by atoms with E-state index in [1.165, 1.54) is 62.6 Å². The molecule has 446 valence electrons. The topological polar surface area (TPSA) is 52.9 Å². The lowest BCUT2D eigenvalue weighted by molar-refractivity contribution is 1.07. The lowest BCUT2D eigenvalue weighted by Crippen LogP contribution is -2.09. The maximum atomic E-state index is 9.81. The van der Waals surface area contributed by atoms with Crippen LogP contribution in [0.15, 0.2) is 315 Å². The first kappa shape index (κ1) is 55.3. The fourth-order valence-electron chi connectivity index (χ4n) is 14.6. The number of hydrogen-bond donors (Lipinski definition) is 0. The highest BCUT2D eigenvalue weighted by molar-refractivity contribution is 7.27. The second-order valence-electron chi connectivity index (χ2n) is 24.4. The summed E-state index contributed by atoms with van der Waals surface area (Å²) in [5.41, 5.74) is 19.3. The molecule has 0 unspecified atom stereocenters. The molecule has 5 aromatic heterocycles. The third kappa shape index (κ3) is 8.94. The SMILES string of the molecule is [C-]#[N+]c1cc(-c2nc(-c3ccccc3)nc(-c3ccccc3)n2)c(-c2ccccc2)c(-n2c3ccc(-c4ccccc4)cc3c3c4sc5ccc(-c6ccccc6)cc5c4ccc32)c1-n1c2ccc(-c3ccccc3)cc2c2c3sc4ccc(-c5ccccc5)cc4c3ccc21. The van der Waals surface area contributed by atoms with E-state index in [0.717, 1.165) is 99.5 Å². The minimum Gasteiger partial charge on any atom is -0.317 e. The Labute approximate surface area is 560 Å². The van der Waals surface area contributed by atoms with Crippen LogP contribution in [-0.2, 0) is 0 Å². The molecule has 19 aromatic rings. The predicted octanol–water partition coefficient (Wildman–Crippen LogP) is 24.7. The molecule has 0 amide bonds. The van der Waals surface area contributed by atoms with E-state index in [1.54, 1.807) is 0 Å². The quantitative estimate of drug-likeness (QED) is 0.128. The molecule has 0 spiro atoms. The van der Waals surface area contributed by atoms with Crippen molar-refractivity contribution in [1.29, 1.82) is 0 Å². The molecule has 0 radical (unpaired) electrons. The molecular weight excluding hydrogens is 1210 g/mol. The molecule has 14 aromatic carbocycles. The van der Waals surface area contributed by atoms with Crippen molar-refractivity contribution in [2.45, 2.75) is 0 Å². The molecule has 96 heavy (non-hydrogen) atoms. The number of thiophene rings is 2. The Morgan fingerprint density at radius 3 is 1.00 bits per heavy atom. The van der Waals surface area contributed by atoms with Gasteiger partial charge in [-0.05, 0) is 117 Å². The van der Waals surface area contributed by atoms with Crippen molar-refractivity contribution in [1.82, 2.24) is 24.1 Å². The van der Waals surface area contributed by atoms with Crippen molar-refractivity contribution in [3.05, 3.63) is 327 Å². The normalized spacial score (nSPS) is 11.7. The second kappa shape index (κ2) is 22.4. The van der Waals surface area contributed by atoms with Crippen LogP contribution >= 0.6 is 22.7 Å². The first-order valence-electron chi connectivity index (χ1n) is 32.2. The summed E-state index contributed by atoms with van der Waals surface area (Å²) in [6.07, 6.45) is 0. The van der Waals surface area contributed by atoms with Gasteiger partial charge < -0.3 is 9.13 Å². The van der Waals surface area contributed by atoms with Crippen molar-refractivity contribution >= 4 is 112 Å². The summed E-state index contributed by atoms with van der Waals surface area (Å²) >= 11 is 3.68. The molecule has 0 saturated carbocycles. The van der Waals surface area contributed by atoms with Crippen molar-refractivity contribution in [3.63, 3.8) is 0 Å². The Bertz CT molecular complexity index is 6290. The summed E-state index contributed by atoms with van der Waals surface area (Å²) < 4.78 is 9.69. The zero-order valence-corrected chi connectivity index (χ0v) is 53.2. The summed E-state index contributed by atoms with van der Waals surface area (Å²) in [7, 11) is 0. The molecule has 6 nitrogen and oxygen atoms in total. The number of aromatic nitrogens is 5. The third-order valence-electron chi connectivity index (χ3n) is 19.0. The molecule has 0 aliphatic rings. The van der Waals surface area contributed by atoms with Crippen LogP contribution in [0.2, 0.25) is 0 Å². The van der Waals surface area contributed by atoms with Crippen molar-refractivity contribution < 1.29 is 0 Å². The maximum absolute atomic E-state index is 9.81. The standard InChI is InChI=1S/C88H52N6S2/c1-89-72-53-71(88-91-86(59-33-19-7-20-34-59)90-87(92-88)60-35-21-8-22-36-60)79(58-31-17-6-18-32-58)83(94-74-44-38-62(55-25-11-3-12-26-55)52-70(74)81-76(94)46-42-66-68-50-64(57-29-15-5-16-30-57)40-48-78(68)96-85(66)81)82(72)93-73-43-37-61(54-23-9-2-10-24-54)51-69(73)80-75(93)45-41-65-67-49-63(56-27-13-4-14-28-56)39-47-77(67)95-84(65)80/h2-53H. The Morgan fingerprint density at radius 2 is 0.604 bits per heavy atom. The van der Waals surface area contributed by atoms with E-state index in [1.807, 2.05) is 83.3 Å². The largest absolute Gasteiger partial charge is 0.317 e. The molecule has 0 N–H and O–H groups in total. The Morgan fingerprint density at radius 1 is 0.271 bits per heavy atom. The van der Waals surface area contributed by atoms with Crippen LogP contribution < -0.4 is 0 Å². The fraction of sp³-hybridized carbons (Fsp3) is 0. The monoisotopic (exact) mass is 1260 g/mol. The highest BCUT2D eigenvalue weighted by Crippen LogP contribution is 2.54. The van der Waals surface area contributed by atoms with Crippen molar-refractivity contribution in [3.8, 4) is 101 Å². The summed E-state index contributed by atoms with van der Waals surface area (Å²) in [6.45, 7) is 9.81. The molecule has 0 bridgehead atoms. The average Bonchev–Trinajstić information content (AvgIpc) is 1.53. The van der Waals surface area contributed by atoms with E-state index in [9.17, 15) is 6.57 Å². The molecule has 0 atom stereocenters. The minimum atomic E-state index is 0.435. The van der Waals surface area contributed by atoms with Gasteiger partial charge in [-0.2, -0.15) is 0 Å². The first-order valence-corrected chi connectivity index (χ1v) is 33.8. The number of rotatable bonds is 10. The third-order valence-corrected chi connectivity index (χ3v) is 21.4. The number of hydrogen-bond acceptors (Lipinski definition) is 5. The molecule has 8 heteroatoms. The number of benzene rings is 14. The van der Waals surface area contributed by atoms with E-state index in [-0.39, 0.29) is 0 Å². The minimum absolute atomic E-state index is 0.435. The van der Waals surface area contributed by atoms with Gasteiger partial charge in [-0.25, -0.2) is 19.8 Å². The predicted molar refractivity (Wildman–Crippen MR) is 404 cm³/mol. The van der Waals surface area contributed by atoms with Crippen LogP contribution in [0, 0.1) is 6.57 Å². The number of nitrogens with zero attached hydrogens (tertiary/aromatic N) is 6. The zero-order valence-electron chi connectivity index (χ0n) is 51.5. The van der Waals surface area contributed by atoms with Gasteiger partial charge >= 0.3 is 0 Å². The van der Waals surface area contributed by atoms with Gasteiger partial charge in [0.15, 0.2) is 17.5 Å². The fourth-order valence-corrected chi connectivity index (χ4v) is 17.0. The Balaban J connectivity index is 1.000. The number of fused-ring (bicyclic) bond motifs is 14. The summed E-state index contributed by atoms with van der Waals surface area (Å²) in [6, 6.07) is 113.